The van der Waals surface area contributed by atoms with Crippen LogP contribution in [-0.4, -0.2) is 23.9 Å². The Hall–Kier alpha value is -2.53. The Balaban J connectivity index is 2.25. The van der Waals surface area contributed by atoms with E-state index in [4.69, 9.17) is 16.3 Å². The molecule has 0 heterocycles. The van der Waals surface area contributed by atoms with Gasteiger partial charge in [0, 0.05) is 10.6 Å². The second kappa shape index (κ2) is 7.65. The molecule has 0 atom stereocenters. The van der Waals surface area contributed by atoms with Crippen LogP contribution in [-0.2, 0) is 16.2 Å². The maximum atomic E-state index is 11.3. The molecule has 23 heavy (non-hydrogen) atoms. The van der Waals surface area contributed by atoms with Crippen LogP contribution in [0.1, 0.15) is 16.7 Å². The largest absolute Gasteiger partial charge is 0.489 e. The molecule has 0 saturated heterocycles. The van der Waals surface area contributed by atoms with Crippen LogP contribution in [0, 0.1) is 6.92 Å². The predicted octanol–water partition coefficient (Wildman–Crippen LogP) is 3.66. The number of benzene rings is 2. The van der Waals surface area contributed by atoms with Crippen molar-refractivity contribution in [2.24, 2.45) is 5.16 Å². The quantitative estimate of drug-likeness (QED) is 0.647. The molecule has 0 bridgehead atoms. The molecule has 5 nitrogen and oxygen atoms in total. The van der Waals surface area contributed by atoms with Crippen molar-refractivity contribution in [3.05, 3.63) is 64.2 Å². The van der Waals surface area contributed by atoms with E-state index in [1.54, 1.807) is 30.3 Å². The van der Waals surface area contributed by atoms with Gasteiger partial charge in [0.15, 0.2) is 5.71 Å². The third kappa shape index (κ3) is 4.23. The number of oxime groups is 1. The summed E-state index contributed by atoms with van der Waals surface area (Å²) in [5, 5.41) is 13.5. The van der Waals surface area contributed by atoms with Crippen LogP contribution in [0.5, 0.6) is 5.75 Å². The number of nitrogens with zero attached hydrogens (tertiary/aromatic N) is 1. The molecule has 0 aliphatic carbocycles. The van der Waals surface area contributed by atoms with Gasteiger partial charge in [0.25, 0.3) is 0 Å². The first-order valence-electron chi connectivity index (χ1n) is 6.84. The van der Waals surface area contributed by atoms with Gasteiger partial charge in [0.1, 0.15) is 19.5 Å². The van der Waals surface area contributed by atoms with Crippen molar-refractivity contribution in [1.29, 1.82) is 0 Å². The fraction of sp³-hybridized carbons (Fsp3) is 0.176. The summed E-state index contributed by atoms with van der Waals surface area (Å²) < 4.78 is 5.73. The topological polar surface area (TPSA) is 68.1 Å². The lowest BCUT2D eigenvalue weighted by Crippen LogP contribution is -2.17. The Morgan fingerprint density at radius 3 is 2.65 bits per heavy atom. The predicted molar refractivity (Wildman–Crippen MR) is 88.1 cm³/mol. The highest BCUT2D eigenvalue weighted by atomic mass is 35.5. The Bertz CT molecular complexity index is 743. The molecule has 0 fully saturated rings. The third-order valence-corrected chi connectivity index (χ3v) is 3.61. The lowest BCUT2D eigenvalue weighted by Gasteiger charge is -2.11. The molecule has 0 radical (unpaired) electrons. The molecule has 0 unspecified atom stereocenters. The minimum Gasteiger partial charge on any atom is -0.489 e. The number of carboxylic acid groups (broad SMARTS) is 1. The van der Waals surface area contributed by atoms with E-state index < -0.39 is 5.97 Å². The van der Waals surface area contributed by atoms with Crippen molar-refractivity contribution >= 4 is 23.3 Å². The number of aliphatic carboxylic acids is 1. The molecule has 0 spiro atoms. The molecule has 1 N–H and O–H groups in total. The molecule has 0 amide bonds. The van der Waals surface area contributed by atoms with E-state index in [1.165, 1.54) is 7.11 Å². The lowest BCUT2D eigenvalue weighted by molar-refractivity contribution is -0.129. The summed E-state index contributed by atoms with van der Waals surface area (Å²) in [7, 11) is 1.30. The standard InChI is InChI=1S/C17H16ClNO4/c1-11-9-13(7-8-15(11)18)23-10-12-5-3-4-6-14(12)16(17(20)21)19-22-2/h3-9H,10H2,1-2H3,(H,20,21). The van der Waals surface area contributed by atoms with Crippen LogP contribution < -0.4 is 4.74 Å². The molecule has 2 rings (SSSR count). The molecule has 2 aromatic rings. The zero-order valence-electron chi connectivity index (χ0n) is 12.7. The van der Waals surface area contributed by atoms with Gasteiger partial charge in [-0.15, -0.1) is 0 Å². The molecule has 2 aromatic carbocycles. The van der Waals surface area contributed by atoms with E-state index in [9.17, 15) is 9.90 Å². The highest BCUT2D eigenvalue weighted by Crippen LogP contribution is 2.22. The molecular weight excluding hydrogens is 318 g/mol. The van der Waals surface area contributed by atoms with E-state index in [0.29, 0.717) is 21.9 Å². The van der Waals surface area contributed by atoms with E-state index in [2.05, 4.69) is 9.99 Å². The summed E-state index contributed by atoms with van der Waals surface area (Å²) in [6, 6.07) is 12.3. The average molecular weight is 334 g/mol. The van der Waals surface area contributed by atoms with E-state index in [0.717, 1.165) is 5.56 Å². The summed E-state index contributed by atoms with van der Waals surface area (Å²) in [5.74, 6) is -0.510. The molecule has 0 aromatic heterocycles. The van der Waals surface area contributed by atoms with Crippen molar-refractivity contribution < 1.29 is 19.5 Å². The Kier molecular flexibility index (Phi) is 5.60. The average Bonchev–Trinajstić information content (AvgIpc) is 2.54. The normalized spacial score (nSPS) is 11.2. The molecule has 0 aliphatic rings. The van der Waals surface area contributed by atoms with Gasteiger partial charge in [-0.2, -0.15) is 0 Å². The highest BCUT2D eigenvalue weighted by molar-refractivity contribution is 6.42. The van der Waals surface area contributed by atoms with E-state index in [1.807, 2.05) is 19.1 Å². The van der Waals surface area contributed by atoms with Crippen molar-refractivity contribution in [3.8, 4) is 5.75 Å². The number of carboxylic acids is 1. The maximum absolute atomic E-state index is 11.3. The molecule has 0 saturated carbocycles. The van der Waals surface area contributed by atoms with Gasteiger partial charge in [-0.3, -0.25) is 0 Å². The number of rotatable bonds is 6. The lowest BCUT2D eigenvalue weighted by atomic mass is 10.0. The van der Waals surface area contributed by atoms with Gasteiger partial charge in [-0.1, -0.05) is 41.0 Å². The minimum absolute atomic E-state index is 0.168. The first-order chi connectivity index (χ1) is 11.0. The summed E-state index contributed by atoms with van der Waals surface area (Å²) in [4.78, 5) is 16.0. The van der Waals surface area contributed by atoms with Gasteiger partial charge in [-0.25, -0.2) is 4.79 Å². The fourth-order valence-electron chi connectivity index (χ4n) is 2.04. The van der Waals surface area contributed by atoms with Crippen LogP contribution in [0.2, 0.25) is 5.02 Å². The number of aryl methyl sites for hydroxylation is 1. The smallest absolute Gasteiger partial charge is 0.358 e. The van der Waals surface area contributed by atoms with Gasteiger partial charge >= 0.3 is 5.97 Å². The van der Waals surface area contributed by atoms with E-state index >= 15 is 0 Å². The first-order valence-corrected chi connectivity index (χ1v) is 7.22. The Morgan fingerprint density at radius 1 is 1.26 bits per heavy atom. The number of ether oxygens (including phenoxy) is 1. The van der Waals surface area contributed by atoms with Crippen molar-refractivity contribution in [3.63, 3.8) is 0 Å². The summed E-state index contributed by atoms with van der Waals surface area (Å²) in [6.45, 7) is 2.09. The van der Waals surface area contributed by atoms with Crippen molar-refractivity contribution in [1.82, 2.24) is 0 Å². The van der Waals surface area contributed by atoms with Crippen LogP contribution in [0.15, 0.2) is 47.6 Å². The van der Waals surface area contributed by atoms with Crippen LogP contribution >= 0.6 is 11.6 Å². The monoisotopic (exact) mass is 333 g/mol. The maximum Gasteiger partial charge on any atom is 0.358 e. The summed E-state index contributed by atoms with van der Waals surface area (Å²) in [5.41, 5.74) is 1.88. The SMILES string of the molecule is CON=C(C(=O)O)c1ccccc1COc1ccc(Cl)c(C)c1. The number of hydrogen-bond acceptors (Lipinski definition) is 4. The van der Waals surface area contributed by atoms with E-state index in [-0.39, 0.29) is 12.3 Å². The number of halogens is 1. The van der Waals surface area contributed by atoms with Gasteiger partial charge in [0.05, 0.1) is 0 Å². The summed E-state index contributed by atoms with van der Waals surface area (Å²) in [6.07, 6.45) is 0. The zero-order valence-corrected chi connectivity index (χ0v) is 13.5. The molecule has 6 heteroatoms. The van der Waals surface area contributed by atoms with Gasteiger partial charge < -0.3 is 14.7 Å². The fourth-order valence-corrected chi connectivity index (χ4v) is 2.16. The minimum atomic E-state index is -1.17. The number of hydrogen-bond donors (Lipinski definition) is 1. The second-order valence-electron chi connectivity index (χ2n) is 4.78. The molecule has 120 valence electrons. The van der Waals surface area contributed by atoms with Crippen LogP contribution in [0.4, 0.5) is 0 Å². The Labute approximate surface area is 139 Å². The van der Waals surface area contributed by atoms with Gasteiger partial charge in [-0.05, 0) is 36.2 Å². The third-order valence-electron chi connectivity index (χ3n) is 3.18. The highest BCUT2D eigenvalue weighted by Gasteiger charge is 2.17. The number of carbonyl (C=O) groups is 1. The van der Waals surface area contributed by atoms with Crippen molar-refractivity contribution in [2.75, 3.05) is 7.11 Å². The molecular formula is C17H16ClNO4. The molecule has 0 aliphatic heterocycles. The first kappa shape index (κ1) is 16.8. The Morgan fingerprint density at radius 2 is 2.00 bits per heavy atom. The van der Waals surface area contributed by atoms with Crippen molar-refractivity contribution in [2.45, 2.75) is 13.5 Å². The van der Waals surface area contributed by atoms with Crippen LogP contribution in [0.3, 0.4) is 0 Å². The van der Waals surface area contributed by atoms with Gasteiger partial charge in [0.2, 0.25) is 0 Å². The summed E-state index contributed by atoms with van der Waals surface area (Å²) >= 11 is 5.98. The second-order valence-corrected chi connectivity index (χ2v) is 5.19. The zero-order chi connectivity index (χ0) is 16.8. The van der Waals surface area contributed by atoms with Crippen LogP contribution in [0.25, 0.3) is 0 Å².